The number of nitrogens with one attached hydrogen (secondary N) is 1. The lowest BCUT2D eigenvalue weighted by Gasteiger charge is -2.38. The number of benzene rings is 2. The summed E-state index contributed by atoms with van der Waals surface area (Å²) in [4.78, 5) is 7.01. The maximum atomic E-state index is 10.6. The van der Waals surface area contributed by atoms with Crippen molar-refractivity contribution in [3.8, 4) is 5.75 Å². The molecule has 0 saturated carbocycles. The van der Waals surface area contributed by atoms with Gasteiger partial charge in [0, 0.05) is 49.7 Å². The number of thiophene rings is 1. The van der Waals surface area contributed by atoms with Gasteiger partial charge in [-0.05, 0) is 68.6 Å². The number of H-pyrrole nitrogens is 1. The molecule has 4 aromatic rings. The molecule has 0 aliphatic carbocycles. The molecule has 1 saturated heterocycles. The molecule has 0 spiro atoms. The van der Waals surface area contributed by atoms with Crippen LogP contribution in [0.25, 0.3) is 21.0 Å². The summed E-state index contributed by atoms with van der Waals surface area (Å²) in [6.45, 7) is 4.18. The van der Waals surface area contributed by atoms with Crippen LogP contribution in [0, 0.1) is 0 Å². The van der Waals surface area contributed by atoms with Gasteiger partial charge in [-0.2, -0.15) is 0 Å². The van der Waals surface area contributed by atoms with Crippen molar-refractivity contribution in [1.82, 2.24) is 9.88 Å². The van der Waals surface area contributed by atoms with Crippen molar-refractivity contribution in [3.63, 3.8) is 0 Å². The van der Waals surface area contributed by atoms with Crippen molar-refractivity contribution in [3.05, 3.63) is 64.6 Å². The van der Waals surface area contributed by atoms with Gasteiger partial charge in [0.1, 0.15) is 18.5 Å². The lowest BCUT2D eigenvalue weighted by molar-refractivity contribution is 0.0408. The number of nitrogens with zero attached hydrogens (tertiary/aromatic N) is 1. The van der Waals surface area contributed by atoms with Crippen molar-refractivity contribution in [2.24, 2.45) is 0 Å². The topological polar surface area (TPSA) is 48.5 Å². The molecule has 3 atom stereocenters. The number of β-amino-alcohol motifs (C(OH)–C–C–N with tert-alkyl or cyclic N) is 1. The van der Waals surface area contributed by atoms with E-state index in [1.54, 1.807) is 0 Å². The molecule has 31 heavy (non-hydrogen) atoms. The van der Waals surface area contributed by atoms with Crippen molar-refractivity contribution < 1.29 is 9.84 Å². The first-order valence-electron chi connectivity index (χ1n) is 10.9. The van der Waals surface area contributed by atoms with Crippen molar-refractivity contribution in [2.45, 2.75) is 37.8 Å². The Bertz CT molecular complexity index is 1190. The Morgan fingerprint density at radius 1 is 1.23 bits per heavy atom. The van der Waals surface area contributed by atoms with E-state index in [1.165, 1.54) is 15.0 Å². The van der Waals surface area contributed by atoms with Crippen LogP contribution in [0.1, 0.15) is 30.6 Å². The van der Waals surface area contributed by atoms with E-state index in [9.17, 15) is 5.11 Å². The van der Waals surface area contributed by atoms with Gasteiger partial charge in [0.25, 0.3) is 0 Å². The van der Waals surface area contributed by atoms with E-state index < -0.39 is 6.10 Å². The van der Waals surface area contributed by atoms with Gasteiger partial charge in [-0.1, -0.05) is 23.7 Å². The molecule has 162 valence electrons. The number of halogens is 1. The molecule has 0 amide bonds. The van der Waals surface area contributed by atoms with Crippen molar-refractivity contribution in [2.75, 3.05) is 19.7 Å². The number of rotatable bonds is 6. The molecule has 2 aromatic carbocycles. The van der Waals surface area contributed by atoms with Crippen molar-refractivity contribution >= 4 is 43.9 Å². The Kier molecular flexibility index (Phi) is 5.93. The third-order valence-electron chi connectivity index (χ3n) is 6.37. The molecular weight excluding hydrogens is 428 g/mol. The molecule has 5 rings (SSSR count). The van der Waals surface area contributed by atoms with Gasteiger partial charge in [0.2, 0.25) is 0 Å². The SMILES string of the molecule is C[C@@H]1C[C@H](c2cc3c(Cl)cccc3s2)CCN1C[C@H](O)COc1cccc2[nH]ccc12. The van der Waals surface area contributed by atoms with Crippen LogP contribution in [0.2, 0.25) is 5.02 Å². The minimum absolute atomic E-state index is 0.297. The number of hydrogen-bond donors (Lipinski definition) is 2. The van der Waals surface area contributed by atoms with Gasteiger partial charge in [-0.15, -0.1) is 11.3 Å². The number of ether oxygens (including phenoxy) is 1. The Balaban J connectivity index is 1.18. The van der Waals surface area contributed by atoms with Gasteiger partial charge in [0.05, 0.1) is 0 Å². The van der Waals surface area contributed by atoms with Gasteiger partial charge in [-0.25, -0.2) is 0 Å². The van der Waals surface area contributed by atoms with Crippen LogP contribution in [-0.2, 0) is 0 Å². The van der Waals surface area contributed by atoms with Gasteiger partial charge >= 0.3 is 0 Å². The fourth-order valence-electron chi connectivity index (χ4n) is 4.69. The molecule has 0 radical (unpaired) electrons. The summed E-state index contributed by atoms with van der Waals surface area (Å²) in [7, 11) is 0. The molecule has 2 aromatic heterocycles. The summed E-state index contributed by atoms with van der Waals surface area (Å²) in [6, 6.07) is 16.8. The summed E-state index contributed by atoms with van der Waals surface area (Å²) < 4.78 is 7.21. The number of aliphatic hydroxyl groups is 1. The molecule has 1 aliphatic heterocycles. The second-order valence-corrected chi connectivity index (χ2v) is 10.0. The molecule has 1 aliphatic rings. The second kappa shape index (κ2) is 8.83. The third-order valence-corrected chi connectivity index (χ3v) is 7.97. The Labute approximate surface area is 191 Å². The first kappa shape index (κ1) is 20.8. The average molecular weight is 455 g/mol. The monoisotopic (exact) mass is 454 g/mol. The predicted molar refractivity (Wildman–Crippen MR) is 130 cm³/mol. The lowest BCUT2D eigenvalue weighted by atomic mass is 9.90. The van der Waals surface area contributed by atoms with Crippen LogP contribution in [0.3, 0.4) is 0 Å². The maximum absolute atomic E-state index is 10.6. The van der Waals surface area contributed by atoms with Crippen LogP contribution in [0.5, 0.6) is 5.75 Å². The quantitative estimate of drug-likeness (QED) is 0.373. The summed E-state index contributed by atoms with van der Waals surface area (Å²) in [5.74, 6) is 1.37. The Hall–Kier alpha value is -2.05. The highest BCUT2D eigenvalue weighted by Crippen LogP contribution is 2.40. The molecule has 0 bridgehead atoms. The summed E-state index contributed by atoms with van der Waals surface area (Å²) in [5, 5.41) is 13.7. The third kappa shape index (κ3) is 4.33. The lowest BCUT2D eigenvalue weighted by Crippen LogP contribution is -2.45. The van der Waals surface area contributed by atoms with E-state index in [0.29, 0.717) is 25.1 Å². The highest BCUT2D eigenvalue weighted by atomic mass is 35.5. The fourth-order valence-corrected chi connectivity index (χ4v) is 6.21. The highest BCUT2D eigenvalue weighted by molar-refractivity contribution is 7.19. The molecule has 2 N–H and O–H groups in total. The van der Waals surface area contributed by atoms with E-state index in [0.717, 1.165) is 41.1 Å². The zero-order chi connectivity index (χ0) is 21.4. The first-order chi connectivity index (χ1) is 15.1. The summed E-state index contributed by atoms with van der Waals surface area (Å²) in [6.07, 6.45) is 3.59. The molecule has 0 unspecified atom stereocenters. The largest absolute Gasteiger partial charge is 0.490 e. The highest BCUT2D eigenvalue weighted by Gasteiger charge is 2.29. The fraction of sp³-hybridized carbons (Fsp3) is 0.360. The minimum Gasteiger partial charge on any atom is -0.490 e. The minimum atomic E-state index is -0.517. The molecule has 3 heterocycles. The smallest absolute Gasteiger partial charge is 0.128 e. The second-order valence-electron chi connectivity index (χ2n) is 8.53. The maximum Gasteiger partial charge on any atom is 0.128 e. The summed E-state index contributed by atoms with van der Waals surface area (Å²) >= 11 is 8.24. The molecule has 1 fully saturated rings. The van der Waals surface area contributed by atoms with E-state index in [-0.39, 0.29) is 0 Å². The van der Waals surface area contributed by atoms with Crippen LogP contribution >= 0.6 is 22.9 Å². The first-order valence-corrected chi connectivity index (χ1v) is 12.1. The number of hydrogen-bond acceptors (Lipinski definition) is 4. The average Bonchev–Trinajstić information content (AvgIpc) is 3.41. The van der Waals surface area contributed by atoms with Gasteiger partial charge in [-0.3, -0.25) is 4.90 Å². The van der Waals surface area contributed by atoms with Crippen LogP contribution in [-0.4, -0.2) is 46.8 Å². The zero-order valence-electron chi connectivity index (χ0n) is 17.6. The number of fused-ring (bicyclic) bond motifs is 2. The number of piperidine rings is 1. The Morgan fingerprint density at radius 3 is 2.94 bits per heavy atom. The number of likely N-dealkylation sites (tertiary alicyclic amines) is 1. The zero-order valence-corrected chi connectivity index (χ0v) is 19.1. The molecular formula is C25H27ClN2O2S. The standard InChI is InChI=1S/C25H27ClN2O2S/c1-16-12-17(25-13-20-21(26)4-2-7-24(20)31-25)9-11-28(16)14-18(29)15-30-23-6-3-5-22-19(23)8-10-27-22/h2-8,10,13,16-18,27,29H,9,11-12,14-15H2,1H3/t16-,17-,18+/m1/s1. The summed E-state index contributed by atoms with van der Waals surface area (Å²) in [5.41, 5.74) is 1.05. The normalized spacial score (nSPS) is 21.0. The van der Waals surface area contributed by atoms with Crippen molar-refractivity contribution in [1.29, 1.82) is 0 Å². The van der Waals surface area contributed by atoms with Crippen LogP contribution < -0.4 is 4.74 Å². The number of aliphatic hydroxyl groups excluding tert-OH is 1. The number of aromatic amines is 1. The predicted octanol–water partition coefficient (Wildman–Crippen LogP) is 6.04. The number of aromatic nitrogens is 1. The molecule has 6 heteroatoms. The van der Waals surface area contributed by atoms with E-state index in [1.807, 2.05) is 53.9 Å². The van der Waals surface area contributed by atoms with Gasteiger partial charge < -0.3 is 14.8 Å². The molecule has 4 nitrogen and oxygen atoms in total. The van der Waals surface area contributed by atoms with Gasteiger partial charge in [0.15, 0.2) is 0 Å². The Morgan fingerprint density at radius 2 is 2.10 bits per heavy atom. The van der Waals surface area contributed by atoms with E-state index in [2.05, 4.69) is 28.9 Å². The van der Waals surface area contributed by atoms with E-state index in [4.69, 9.17) is 16.3 Å². The van der Waals surface area contributed by atoms with E-state index >= 15 is 0 Å². The van der Waals surface area contributed by atoms with Crippen LogP contribution in [0.15, 0.2) is 54.7 Å². The van der Waals surface area contributed by atoms with Crippen LogP contribution in [0.4, 0.5) is 0 Å².